The van der Waals surface area contributed by atoms with Gasteiger partial charge in [-0.3, -0.25) is 0 Å². The van der Waals surface area contributed by atoms with Crippen LogP contribution in [0.4, 0.5) is 0 Å². The molecule has 2 aliphatic rings. The van der Waals surface area contributed by atoms with Crippen molar-refractivity contribution in [1.29, 1.82) is 0 Å². The van der Waals surface area contributed by atoms with Gasteiger partial charge in [0.25, 0.3) is 0 Å². The topological polar surface area (TPSA) is 92.4 Å². The average Bonchev–Trinajstić information content (AvgIpc) is 2.45. The van der Waals surface area contributed by atoms with Crippen LogP contribution in [0.5, 0.6) is 0 Å². The number of hydrogen-bond donors (Lipinski definition) is 2. The Morgan fingerprint density at radius 2 is 1.67 bits per heavy atom. The maximum absolute atomic E-state index is 9.64. The summed E-state index contributed by atoms with van der Waals surface area (Å²) in [5.74, 6) is 0. The second-order valence-corrected chi connectivity index (χ2v) is 5.76. The highest BCUT2D eigenvalue weighted by molar-refractivity contribution is 4.87. The molecule has 0 aliphatic carbocycles. The molecule has 0 amide bonds. The van der Waals surface area contributed by atoms with E-state index in [1.165, 1.54) is 0 Å². The zero-order chi connectivity index (χ0) is 15.6. The highest BCUT2D eigenvalue weighted by Gasteiger charge is 2.41. The lowest BCUT2D eigenvalue weighted by atomic mass is 9.99. The number of ether oxygens (including phenoxy) is 5. The van der Waals surface area contributed by atoms with Crippen molar-refractivity contribution in [1.82, 2.24) is 0 Å². The summed E-state index contributed by atoms with van der Waals surface area (Å²) < 4.78 is 28.1. The van der Waals surface area contributed by atoms with E-state index < -0.39 is 12.6 Å². The first-order valence-corrected chi connectivity index (χ1v) is 7.41. The molecule has 124 valence electrons. The van der Waals surface area contributed by atoms with Gasteiger partial charge in [-0.2, -0.15) is 0 Å². The fourth-order valence-electron chi connectivity index (χ4n) is 3.00. The Morgan fingerprint density at radius 1 is 1.00 bits per heavy atom. The van der Waals surface area contributed by atoms with Crippen LogP contribution in [0, 0.1) is 0 Å². The van der Waals surface area contributed by atoms with Crippen molar-refractivity contribution >= 4 is 0 Å². The maximum atomic E-state index is 9.64. The lowest BCUT2D eigenvalue weighted by molar-refractivity contribution is -0.300. The van der Waals surface area contributed by atoms with Gasteiger partial charge in [-0.1, -0.05) is 0 Å². The van der Waals surface area contributed by atoms with Crippen LogP contribution in [-0.4, -0.2) is 68.5 Å². The van der Waals surface area contributed by atoms with Crippen molar-refractivity contribution in [2.24, 2.45) is 5.73 Å². The second kappa shape index (κ2) is 7.32. The van der Waals surface area contributed by atoms with Gasteiger partial charge in [0.15, 0.2) is 12.6 Å². The van der Waals surface area contributed by atoms with E-state index in [1.807, 2.05) is 13.8 Å². The van der Waals surface area contributed by atoms with E-state index in [2.05, 4.69) is 0 Å². The lowest BCUT2D eigenvalue weighted by Gasteiger charge is -2.43. The van der Waals surface area contributed by atoms with E-state index >= 15 is 0 Å². The van der Waals surface area contributed by atoms with Crippen LogP contribution >= 0.6 is 0 Å². The van der Waals surface area contributed by atoms with E-state index in [9.17, 15) is 5.11 Å². The van der Waals surface area contributed by atoms with Crippen LogP contribution in [0.25, 0.3) is 0 Å². The van der Waals surface area contributed by atoms with E-state index in [0.717, 1.165) is 0 Å². The smallest absolute Gasteiger partial charge is 0.161 e. The molecular formula is C14H27NO6. The fraction of sp³-hybridized carbons (Fsp3) is 1.00. The first-order valence-electron chi connectivity index (χ1n) is 7.41. The van der Waals surface area contributed by atoms with E-state index in [4.69, 9.17) is 29.4 Å². The van der Waals surface area contributed by atoms with Crippen LogP contribution in [0.15, 0.2) is 0 Å². The third kappa shape index (κ3) is 3.92. The number of nitrogens with two attached hydrogens (primary N) is 1. The maximum Gasteiger partial charge on any atom is 0.161 e. The molecule has 3 N–H and O–H groups in total. The highest BCUT2D eigenvalue weighted by Crippen LogP contribution is 2.29. The Hall–Kier alpha value is -0.280. The summed E-state index contributed by atoms with van der Waals surface area (Å²) in [6.45, 7) is 3.76. The van der Waals surface area contributed by atoms with E-state index in [0.29, 0.717) is 12.8 Å². The van der Waals surface area contributed by atoms with Crippen molar-refractivity contribution < 1.29 is 28.8 Å². The van der Waals surface area contributed by atoms with Crippen LogP contribution in [-0.2, 0) is 23.7 Å². The summed E-state index contributed by atoms with van der Waals surface area (Å²) in [5.41, 5.74) is 6.04. The summed E-state index contributed by atoms with van der Waals surface area (Å²) in [6, 6.07) is -0.171. The quantitative estimate of drug-likeness (QED) is 0.754. The van der Waals surface area contributed by atoms with Crippen molar-refractivity contribution in [2.45, 2.75) is 75.8 Å². The van der Waals surface area contributed by atoms with Gasteiger partial charge in [0.2, 0.25) is 0 Å². The molecule has 21 heavy (non-hydrogen) atoms. The summed E-state index contributed by atoms with van der Waals surface area (Å²) in [4.78, 5) is 0. The predicted molar refractivity (Wildman–Crippen MR) is 74.6 cm³/mol. The summed E-state index contributed by atoms with van der Waals surface area (Å²) in [5, 5.41) is 9.64. The summed E-state index contributed by atoms with van der Waals surface area (Å²) >= 11 is 0. The SMILES string of the molecule is COC1CC(OC2C(C)OC(O)CC2OC)OC(C)C1N. The number of methoxy groups -OCH3 is 2. The molecular weight excluding hydrogens is 278 g/mol. The molecule has 0 bridgehead atoms. The number of rotatable bonds is 4. The standard InChI is InChI=1S/C14H27NO6/c1-7-13(15)9(17-3)6-12(20-7)21-14-8(2)19-11(16)5-10(14)18-4/h7-14,16H,5-6,15H2,1-4H3. The molecule has 0 aromatic carbocycles. The monoisotopic (exact) mass is 305 g/mol. The van der Waals surface area contributed by atoms with Crippen molar-refractivity contribution in [3.63, 3.8) is 0 Å². The molecule has 2 heterocycles. The molecule has 0 radical (unpaired) electrons. The number of aliphatic hydroxyl groups is 1. The highest BCUT2D eigenvalue weighted by atomic mass is 16.7. The minimum Gasteiger partial charge on any atom is -0.380 e. The fourth-order valence-corrected chi connectivity index (χ4v) is 3.00. The third-order valence-corrected chi connectivity index (χ3v) is 4.31. The van der Waals surface area contributed by atoms with Crippen molar-refractivity contribution in [3.05, 3.63) is 0 Å². The molecule has 2 rings (SSSR count). The van der Waals surface area contributed by atoms with Crippen molar-refractivity contribution in [2.75, 3.05) is 14.2 Å². The molecule has 0 spiro atoms. The van der Waals surface area contributed by atoms with Gasteiger partial charge in [-0.25, -0.2) is 0 Å². The van der Waals surface area contributed by atoms with E-state index in [-0.39, 0.29) is 36.6 Å². The Kier molecular flexibility index (Phi) is 5.96. The second-order valence-electron chi connectivity index (χ2n) is 5.76. The Balaban J connectivity index is 1.99. The third-order valence-electron chi connectivity index (χ3n) is 4.31. The predicted octanol–water partition coefficient (Wildman–Crippen LogP) is -0.00900. The first-order chi connectivity index (χ1) is 9.96. The molecule has 8 unspecified atom stereocenters. The molecule has 0 saturated carbocycles. The summed E-state index contributed by atoms with van der Waals surface area (Å²) in [6.07, 6.45) is -1.39. The molecule has 8 atom stereocenters. The van der Waals surface area contributed by atoms with Gasteiger partial charge < -0.3 is 34.5 Å². The average molecular weight is 305 g/mol. The molecule has 2 fully saturated rings. The van der Waals surface area contributed by atoms with Gasteiger partial charge in [0, 0.05) is 27.1 Å². The molecule has 2 saturated heterocycles. The number of hydrogen-bond acceptors (Lipinski definition) is 7. The van der Waals surface area contributed by atoms with Crippen molar-refractivity contribution in [3.8, 4) is 0 Å². The minimum absolute atomic E-state index is 0.106. The lowest BCUT2D eigenvalue weighted by Crippen LogP contribution is -2.56. The van der Waals surface area contributed by atoms with Crippen LogP contribution in [0.1, 0.15) is 26.7 Å². The Labute approximate surface area is 125 Å². The largest absolute Gasteiger partial charge is 0.380 e. The van der Waals surface area contributed by atoms with E-state index in [1.54, 1.807) is 14.2 Å². The Bertz CT molecular complexity index is 331. The Morgan fingerprint density at radius 3 is 2.29 bits per heavy atom. The van der Waals surface area contributed by atoms with Crippen LogP contribution in [0.2, 0.25) is 0 Å². The number of aliphatic hydroxyl groups excluding tert-OH is 1. The van der Waals surface area contributed by atoms with Gasteiger partial charge in [0.1, 0.15) is 6.10 Å². The molecule has 0 aromatic heterocycles. The zero-order valence-electron chi connectivity index (χ0n) is 13.1. The van der Waals surface area contributed by atoms with Gasteiger partial charge in [-0.15, -0.1) is 0 Å². The van der Waals surface area contributed by atoms with Gasteiger partial charge in [-0.05, 0) is 13.8 Å². The first kappa shape index (κ1) is 17.1. The van der Waals surface area contributed by atoms with Gasteiger partial charge >= 0.3 is 0 Å². The molecule has 2 aliphatic heterocycles. The normalized spacial score (nSPS) is 48.3. The van der Waals surface area contributed by atoms with Crippen LogP contribution in [0.3, 0.4) is 0 Å². The van der Waals surface area contributed by atoms with Gasteiger partial charge in [0.05, 0.1) is 30.5 Å². The van der Waals surface area contributed by atoms with Crippen LogP contribution < -0.4 is 5.73 Å². The summed E-state index contributed by atoms with van der Waals surface area (Å²) in [7, 11) is 3.24. The molecule has 0 aromatic rings. The minimum atomic E-state index is -0.823. The molecule has 7 nitrogen and oxygen atoms in total. The molecule has 7 heteroatoms. The zero-order valence-corrected chi connectivity index (χ0v) is 13.1.